The zero-order valence-corrected chi connectivity index (χ0v) is 16.5. The number of hydrogen-bond donors (Lipinski definition) is 1. The SMILES string of the molecule is COCCCN1C(=O)C(c2cccc(-c3cccc(C)c3)c2)(C2CC2)N=C1N. The maximum Gasteiger partial charge on any atom is 0.262 e. The molecule has 5 heteroatoms. The van der Waals surface area contributed by atoms with E-state index < -0.39 is 5.54 Å². The molecule has 1 aliphatic heterocycles. The summed E-state index contributed by atoms with van der Waals surface area (Å²) in [5.74, 6) is 0.553. The number of ether oxygens (including phenoxy) is 1. The molecule has 0 radical (unpaired) electrons. The van der Waals surface area contributed by atoms with E-state index in [1.54, 1.807) is 12.0 Å². The van der Waals surface area contributed by atoms with Crippen LogP contribution in [0.4, 0.5) is 0 Å². The highest BCUT2D eigenvalue weighted by atomic mass is 16.5. The third kappa shape index (κ3) is 3.20. The number of amides is 1. The van der Waals surface area contributed by atoms with E-state index in [2.05, 4.69) is 43.3 Å². The zero-order chi connectivity index (χ0) is 19.7. The van der Waals surface area contributed by atoms with E-state index in [1.807, 2.05) is 12.1 Å². The Morgan fingerprint density at radius 3 is 2.57 bits per heavy atom. The average Bonchev–Trinajstić information content (AvgIpc) is 3.51. The van der Waals surface area contributed by atoms with Crippen LogP contribution in [0, 0.1) is 12.8 Å². The van der Waals surface area contributed by atoms with Gasteiger partial charge in [0.25, 0.3) is 5.91 Å². The van der Waals surface area contributed by atoms with Crippen LogP contribution in [0.1, 0.15) is 30.4 Å². The Kier molecular flexibility index (Phi) is 4.94. The minimum atomic E-state index is -0.878. The molecule has 1 saturated carbocycles. The Hall–Kier alpha value is -2.66. The van der Waals surface area contributed by atoms with Crippen molar-refractivity contribution in [2.45, 2.75) is 31.7 Å². The Bertz CT molecular complexity index is 920. The van der Waals surface area contributed by atoms with Gasteiger partial charge in [-0.3, -0.25) is 9.69 Å². The van der Waals surface area contributed by atoms with E-state index in [0.717, 1.165) is 36.0 Å². The fourth-order valence-electron chi connectivity index (χ4n) is 4.13. The number of guanidine groups is 1. The fraction of sp³-hybridized carbons (Fsp3) is 0.391. The molecular formula is C23H27N3O2. The molecule has 1 unspecified atom stereocenters. The molecule has 1 fully saturated rings. The van der Waals surface area contributed by atoms with Crippen LogP contribution in [0.15, 0.2) is 53.5 Å². The Morgan fingerprint density at radius 2 is 1.89 bits per heavy atom. The molecule has 0 aromatic heterocycles. The summed E-state index contributed by atoms with van der Waals surface area (Å²) in [6, 6.07) is 16.6. The monoisotopic (exact) mass is 377 g/mol. The molecule has 2 aromatic rings. The standard InChI is InChI=1S/C23H27N3O2/c1-16-6-3-7-17(14-16)18-8-4-9-20(15-18)23(19-10-11-19)21(27)26(22(24)25-23)12-5-13-28-2/h3-4,6-9,14-15,19H,5,10-13H2,1-2H3,(H2,24,25). The number of carbonyl (C=O) groups is 1. The number of nitrogens with two attached hydrogens (primary N) is 1. The van der Waals surface area contributed by atoms with Crippen molar-refractivity contribution in [1.82, 2.24) is 4.90 Å². The first kappa shape index (κ1) is 18.7. The van der Waals surface area contributed by atoms with Crippen molar-refractivity contribution in [3.8, 4) is 11.1 Å². The van der Waals surface area contributed by atoms with Gasteiger partial charge in [0.05, 0.1) is 0 Å². The lowest BCUT2D eigenvalue weighted by Crippen LogP contribution is -2.44. The highest BCUT2D eigenvalue weighted by Gasteiger charge is 2.57. The van der Waals surface area contributed by atoms with Crippen molar-refractivity contribution in [2.75, 3.05) is 20.3 Å². The molecule has 2 aliphatic rings. The number of hydrogen-bond acceptors (Lipinski definition) is 4. The van der Waals surface area contributed by atoms with Gasteiger partial charge >= 0.3 is 0 Å². The summed E-state index contributed by atoms with van der Waals surface area (Å²) in [6.45, 7) is 3.22. The van der Waals surface area contributed by atoms with Gasteiger partial charge in [0, 0.05) is 20.3 Å². The predicted molar refractivity (Wildman–Crippen MR) is 111 cm³/mol. The Morgan fingerprint density at radius 1 is 1.18 bits per heavy atom. The smallest absolute Gasteiger partial charge is 0.262 e. The molecule has 146 valence electrons. The van der Waals surface area contributed by atoms with E-state index in [1.165, 1.54) is 5.56 Å². The van der Waals surface area contributed by atoms with Crippen LogP contribution < -0.4 is 5.73 Å². The van der Waals surface area contributed by atoms with Crippen LogP contribution in [-0.2, 0) is 15.1 Å². The lowest BCUT2D eigenvalue weighted by atomic mass is 9.83. The van der Waals surface area contributed by atoms with Gasteiger partial charge in [0.1, 0.15) is 0 Å². The van der Waals surface area contributed by atoms with Crippen LogP contribution >= 0.6 is 0 Å². The molecule has 1 amide bonds. The number of aryl methyl sites for hydroxylation is 1. The second kappa shape index (κ2) is 7.40. The molecule has 1 aliphatic carbocycles. The normalized spacial score (nSPS) is 21.9. The van der Waals surface area contributed by atoms with E-state index in [-0.39, 0.29) is 11.8 Å². The van der Waals surface area contributed by atoms with Gasteiger partial charge in [0.15, 0.2) is 11.5 Å². The van der Waals surface area contributed by atoms with E-state index in [4.69, 9.17) is 15.5 Å². The van der Waals surface area contributed by atoms with Gasteiger partial charge < -0.3 is 10.5 Å². The molecule has 0 bridgehead atoms. The van der Waals surface area contributed by atoms with Crippen LogP contribution in [0.3, 0.4) is 0 Å². The van der Waals surface area contributed by atoms with Crippen molar-refractivity contribution >= 4 is 11.9 Å². The molecule has 1 heterocycles. The number of nitrogens with zero attached hydrogens (tertiary/aromatic N) is 2. The first-order valence-electron chi connectivity index (χ1n) is 9.90. The average molecular weight is 377 g/mol. The first-order chi connectivity index (χ1) is 13.6. The van der Waals surface area contributed by atoms with Crippen LogP contribution in [0.5, 0.6) is 0 Å². The summed E-state index contributed by atoms with van der Waals surface area (Å²) in [5, 5.41) is 0. The minimum Gasteiger partial charge on any atom is -0.385 e. The van der Waals surface area contributed by atoms with Crippen molar-refractivity contribution in [3.05, 3.63) is 59.7 Å². The summed E-state index contributed by atoms with van der Waals surface area (Å²) < 4.78 is 5.12. The summed E-state index contributed by atoms with van der Waals surface area (Å²) in [5.41, 5.74) is 9.73. The molecule has 0 spiro atoms. The minimum absolute atomic E-state index is 0.00463. The van der Waals surface area contributed by atoms with Crippen LogP contribution in [-0.4, -0.2) is 37.0 Å². The van der Waals surface area contributed by atoms with Gasteiger partial charge in [-0.15, -0.1) is 0 Å². The van der Waals surface area contributed by atoms with Gasteiger partial charge in [-0.25, -0.2) is 4.99 Å². The van der Waals surface area contributed by atoms with Crippen molar-refractivity contribution in [3.63, 3.8) is 0 Å². The maximum absolute atomic E-state index is 13.5. The zero-order valence-electron chi connectivity index (χ0n) is 16.5. The largest absolute Gasteiger partial charge is 0.385 e. The number of methoxy groups -OCH3 is 1. The molecule has 2 N–H and O–H groups in total. The summed E-state index contributed by atoms with van der Waals surface area (Å²) >= 11 is 0. The van der Waals surface area contributed by atoms with Crippen LogP contribution in [0.2, 0.25) is 0 Å². The topological polar surface area (TPSA) is 67.9 Å². The number of benzene rings is 2. The molecule has 28 heavy (non-hydrogen) atoms. The van der Waals surface area contributed by atoms with Crippen molar-refractivity contribution in [2.24, 2.45) is 16.6 Å². The quantitative estimate of drug-likeness (QED) is 0.752. The summed E-state index contributed by atoms with van der Waals surface area (Å²) in [4.78, 5) is 19.9. The molecular weight excluding hydrogens is 350 g/mol. The van der Waals surface area contributed by atoms with Gasteiger partial charge in [0.2, 0.25) is 0 Å². The molecule has 1 atom stereocenters. The second-order valence-corrected chi connectivity index (χ2v) is 7.76. The third-order valence-electron chi connectivity index (χ3n) is 5.69. The maximum atomic E-state index is 13.5. The van der Waals surface area contributed by atoms with E-state index >= 15 is 0 Å². The third-order valence-corrected chi connectivity index (χ3v) is 5.69. The van der Waals surface area contributed by atoms with E-state index in [0.29, 0.717) is 19.1 Å². The Labute approximate surface area is 166 Å². The fourth-order valence-corrected chi connectivity index (χ4v) is 4.13. The number of rotatable bonds is 7. The summed E-state index contributed by atoms with van der Waals surface area (Å²) in [7, 11) is 1.66. The highest BCUT2D eigenvalue weighted by Crippen LogP contribution is 2.52. The van der Waals surface area contributed by atoms with Gasteiger partial charge in [-0.05, 0) is 54.9 Å². The second-order valence-electron chi connectivity index (χ2n) is 7.76. The number of carbonyl (C=O) groups excluding carboxylic acids is 1. The molecule has 4 rings (SSSR count). The molecule has 0 saturated heterocycles. The lowest BCUT2D eigenvalue weighted by Gasteiger charge is -2.27. The van der Waals surface area contributed by atoms with Crippen molar-refractivity contribution < 1.29 is 9.53 Å². The van der Waals surface area contributed by atoms with E-state index in [9.17, 15) is 4.79 Å². The summed E-state index contributed by atoms with van der Waals surface area (Å²) in [6.07, 6.45) is 2.74. The highest BCUT2D eigenvalue weighted by molar-refractivity contribution is 6.07. The van der Waals surface area contributed by atoms with Crippen molar-refractivity contribution in [1.29, 1.82) is 0 Å². The van der Waals surface area contributed by atoms with Gasteiger partial charge in [-0.2, -0.15) is 0 Å². The predicted octanol–water partition coefficient (Wildman–Crippen LogP) is 3.46. The molecule has 2 aromatic carbocycles. The van der Waals surface area contributed by atoms with Crippen LogP contribution in [0.25, 0.3) is 11.1 Å². The van der Waals surface area contributed by atoms with Gasteiger partial charge in [-0.1, -0.05) is 48.0 Å². The first-order valence-corrected chi connectivity index (χ1v) is 9.90. The lowest BCUT2D eigenvalue weighted by molar-refractivity contribution is -0.132. The number of aliphatic imine (C=N–C) groups is 1. The Balaban J connectivity index is 1.72. The molecule has 5 nitrogen and oxygen atoms in total.